The molecule has 4 nitrogen and oxygen atoms in total. The number of aryl methyl sites for hydroxylation is 1. The monoisotopic (exact) mass is 215 g/mol. The van der Waals surface area contributed by atoms with Crippen molar-refractivity contribution < 1.29 is 14.3 Å². The van der Waals surface area contributed by atoms with Crippen LogP contribution in [0, 0.1) is 6.92 Å². The maximum Gasteiger partial charge on any atom is 0.371 e. The zero-order chi connectivity index (χ0) is 10.6. The molecule has 14 heavy (non-hydrogen) atoms. The Morgan fingerprint density at radius 1 is 1.71 bits per heavy atom. The lowest BCUT2D eigenvalue weighted by Crippen LogP contribution is -2.01. The summed E-state index contributed by atoms with van der Waals surface area (Å²) in [6, 6.07) is 1.57. The van der Waals surface area contributed by atoms with Gasteiger partial charge in [-0.25, -0.2) is 4.79 Å². The Morgan fingerprint density at radius 3 is 2.93 bits per heavy atom. The van der Waals surface area contributed by atoms with Crippen molar-refractivity contribution in [3.05, 3.63) is 23.2 Å². The lowest BCUT2D eigenvalue weighted by atomic mass is 10.3. The van der Waals surface area contributed by atoms with E-state index in [0.29, 0.717) is 12.3 Å². The third-order valence-electron chi connectivity index (χ3n) is 1.75. The van der Waals surface area contributed by atoms with Gasteiger partial charge in [-0.1, -0.05) is 0 Å². The molecule has 0 saturated carbocycles. The van der Waals surface area contributed by atoms with E-state index in [4.69, 9.17) is 15.3 Å². The van der Waals surface area contributed by atoms with E-state index in [9.17, 15) is 4.79 Å². The molecular formula is C9H13NO3S. The number of hydrogen-bond donors (Lipinski definition) is 2. The van der Waals surface area contributed by atoms with Crippen molar-refractivity contribution in [3.63, 3.8) is 0 Å². The van der Waals surface area contributed by atoms with Gasteiger partial charge in [0.15, 0.2) is 0 Å². The van der Waals surface area contributed by atoms with Crippen LogP contribution >= 0.6 is 11.8 Å². The summed E-state index contributed by atoms with van der Waals surface area (Å²) in [4.78, 5) is 10.6. The van der Waals surface area contributed by atoms with Crippen molar-refractivity contribution in [2.75, 3.05) is 12.3 Å². The van der Waals surface area contributed by atoms with E-state index in [0.717, 1.165) is 17.1 Å². The Bertz CT molecular complexity index is 322. The van der Waals surface area contributed by atoms with E-state index in [1.165, 1.54) is 0 Å². The van der Waals surface area contributed by atoms with Gasteiger partial charge in [-0.3, -0.25) is 0 Å². The van der Waals surface area contributed by atoms with Crippen LogP contribution in [0.1, 0.15) is 21.9 Å². The van der Waals surface area contributed by atoms with Crippen LogP contribution < -0.4 is 5.73 Å². The molecule has 0 spiro atoms. The maximum absolute atomic E-state index is 10.6. The lowest BCUT2D eigenvalue weighted by molar-refractivity contribution is 0.0661. The van der Waals surface area contributed by atoms with E-state index in [2.05, 4.69) is 0 Å². The molecule has 0 aliphatic rings. The third-order valence-corrected chi connectivity index (χ3v) is 2.79. The number of aromatic carboxylic acids is 1. The van der Waals surface area contributed by atoms with Crippen LogP contribution in [0.5, 0.6) is 0 Å². The highest BCUT2D eigenvalue weighted by molar-refractivity contribution is 7.98. The minimum Gasteiger partial charge on any atom is -0.475 e. The van der Waals surface area contributed by atoms with Crippen molar-refractivity contribution in [2.24, 2.45) is 5.73 Å². The number of furan rings is 1. The summed E-state index contributed by atoms with van der Waals surface area (Å²) in [5.74, 6) is 1.27. The largest absolute Gasteiger partial charge is 0.475 e. The summed E-state index contributed by atoms with van der Waals surface area (Å²) in [7, 11) is 0. The molecule has 78 valence electrons. The van der Waals surface area contributed by atoms with Crippen LogP contribution in [-0.2, 0) is 5.75 Å². The smallest absolute Gasteiger partial charge is 0.371 e. The molecule has 5 heteroatoms. The predicted octanol–water partition coefficient (Wildman–Crippen LogP) is 1.48. The summed E-state index contributed by atoms with van der Waals surface area (Å²) in [5.41, 5.74) is 6.28. The molecule has 0 saturated heterocycles. The number of carbonyl (C=O) groups is 1. The van der Waals surface area contributed by atoms with Gasteiger partial charge in [-0.2, -0.15) is 11.8 Å². The number of hydrogen-bond acceptors (Lipinski definition) is 4. The van der Waals surface area contributed by atoms with Gasteiger partial charge in [-0.15, -0.1) is 0 Å². The maximum atomic E-state index is 10.6. The third kappa shape index (κ3) is 2.78. The van der Waals surface area contributed by atoms with Crippen molar-refractivity contribution in [3.8, 4) is 0 Å². The topological polar surface area (TPSA) is 76.5 Å². The molecule has 0 amide bonds. The number of nitrogens with two attached hydrogens (primary N) is 1. The van der Waals surface area contributed by atoms with Gasteiger partial charge in [0, 0.05) is 23.6 Å². The zero-order valence-corrected chi connectivity index (χ0v) is 8.76. The van der Waals surface area contributed by atoms with Crippen molar-refractivity contribution >= 4 is 17.7 Å². The first-order valence-electron chi connectivity index (χ1n) is 4.25. The summed E-state index contributed by atoms with van der Waals surface area (Å²) in [6.07, 6.45) is 0. The first kappa shape index (κ1) is 11.1. The van der Waals surface area contributed by atoms with Crippen LogP contribution in [0.2, 0.25) is 0 Å². The van der Waals surface area contributed by atoms with Gasteiger partial charge in [0.2, 0.25) is 5.76 Å². The Hall–Kier alpha value is -0.940. The molecule has 1 rings (SSSR count). The van der Waals surface area contributed by atoms with Gasteiger partial charge in [0.1, 0.15) is 5.76 Å². The first-order valence-corrected chi connectivity index (χ1v) is 5.41. The molecule has 0 fully saturated rings. The highest BCUT2D eigenvalue weighted by atomic mass is 32.2. The fourth-order valence-electron chi connectivity index (χ4n) is 1.03. The van der Waals surface area contributed by atoms with Crippen LogP contribution in [0.15, 0.2) is 10.5 Å². The van der Waals surface area contributed by atoms with E-state index < -0.39 is 5.97 Å². The second-order valence-electron chi connectivity index (χ2n) is 2.84. The van der Waals surface area contributed by atoms with E-state index in [-0.39, 0.29) is 5.76 Å². The van der Waals surface area contributed by atoms with E-state index >= 15 is 0 Å². The highest BCUT2D eigenvalue weighted by Gasteiger charge is 2.12. The van der Waals surface area contributed by atoms with Crippen LogP contribution in [0.25, 0.3) is 0 Å². The second kappa shape index (κ2) is 5.07. The van der Waals surface area contributed by atoms with Crippen LogP contribution in [-0.4, -0.2) is 23.4 Å². The minimum atomic E-state index is -1.02. The normalized spacial score (nSPS) is 10.4. The van der Waals surface area contributed by atoms with Crippen molar-refractivity contribution in [2.45, 2.75) is 12.7 Å². The van der Waals surface area contributed by atoms with Crippen molar-refractivity contribution in [1.82, 2.24) is 0 Å². The van der Waals surface area contributed by atoms with E-state index in [1.54, 1.807) is 24.8 Å². The Labute approximate surface area is 86.5 Å². The van der Waals surface area contributed by atoms with Gasteiger partial charge < -0.3 is 15.3 Å². The fourth-order valence-corrected chi connectivity index (χ4v) is 1.85. The summed E-state index contributed by atoms with van der Waals surface area (Å²) >= 11 is 1.67. The minimum absolute atomic E-state index is 0.00542. The molecule has 0 radical (unpaired) electrons. The van der Waals surface area contributed by atoms with Gasteiger partial charge in [0.05, 0.1) is 0 Å². The standard InChI is InChI=1S/C9H13NO3S/c1-6-7(5-14-3-2-10)4-8(13-6)9(11)12/h4H,2-3,5,10H2,1H3,(H,11,12). The SMILES string of the molecule is Cc1oc(C(=O)O)cc1CSCCN. The molecule has 1 heterocycles. The van der Waals surface area contributed by atoms with Gasteiger partial charge in [-0.05, 0) is 13.0 Å². The van der Waals surface area contributed by atoms with Crippen LogP contribution in [0.3, 0.4) is 0 Å². The van der Waals surface area contributed by atoms with Gasteiger partial charge >= 0.3 is 5.97 Å². The molecule has 0 aliphatic heterocycles. The van der Waals surface area contributed by atoms with E-state index in [1.807, 2.05) is 0 Å². The lowest BCUT2D eigenvalue weighted by Gasteiger charge is -1.96. The average molecular weight is 215 g/mol. The number of carboxylic acids is 1. The van der Waals surface area contributed by atoms with Crippen molar-refractivity contribution in [1.29, 1.82) is 0 Å². The molecular weight excluding hydrogens is 202 g/mol. The van der Waals surface area contributed by atoms with Crippen LogP contribution in [0.4, 0.5) is 0 Å². The summed E-state index contributed by atoms with van der Waals surface area (Å²) < 4.78 is 5.06. The first-order chi connectivity index (χ1) is 6.65. The predicted molar refractivity (Wildman–Crippen MR) is 55.6 cm³/mol. The Kier molecular flexibility index (Phi) is 4.03. The highest BCUT2D eigenvalue weighted by Crippen LogP contribution is 2.19. The fraction of sp³-hybridized carbons (Fsp3) is 0.444. The molecule has 0 atom stereocenters. The molecule has 0 bridgehead atoms. The number of rotatable bonds is 5. The Balaban J connectivity index is 2.63. The number of carboxylic acid groups (broad SMARTS) is 1. The quantitative estimate of drug-likeness (QED) is 0.727. The second-order valence-corrected chi connectivity index (χ2v) is 3.94. The summed E-state index contributed by atoms with van der Waals surface area (Å²) in [5, 5.41) is 8.67. The molecule has 0 aromatic carbocycles. The van der Waals surface area contributed by atoms with Gasteiger partial charge in [0.25, 0.3) is 0 Å². The molecule has 3 N–H and O–H groups in total. The zero-order valence-electron chi connectivity index (χ0n) is 7.95. The average Bonchev–Trinajstić information content (AvgIpc) is 2.49. The molecule has 0 unspecified atom stereocenters. The number of thioether (sulfide) groups is 1. The summed E-state index contributed by atoms with van der Waals surface area (Å²) in [6.45, 7) is 2.40. The Morgan fingerprint density at radius 2 is 2.43 bits per heavy atom. The molecule has 1 aromatic heterocycles. The molecule has 0 aliphatic carbocycles. The molecule has 1 aromatic rings.